The predicted octanol–water partition coefficient (Wildman–Crippen LogP) is 1.79. The number of hydrazone groups is 1. The number of rotatable bonds is 4. The molecule has 10 heavy (non-hydrogen) atoms. The van der Waals surface area contributed by atoms with Crippen molar-refractivity contribution in [2.24, 2.45) is 11.0 Å². The highest BCUT2D eigenvalue weighted by Gasteiger charge is 1.88. The number of nitrogens with zero attached hydrogens (tertiary/aromatic N) is 1. The molecule has 0 spiro atoms. The molecule has 0 aliphatic carbocycles. The van der Waals surface area contributed by atoms with E-state index in [1.165, 1.54) is 0 Å². The van der Waals surface area contributed by atoms with Gasteiger partial charge in [-0.2, -0.15) is 5.10 Å². The van der Waals surface area contributed by atoms with E-state index < -0.39 is 0 Å². The minimum absolute atomic E-state index is 0.640. The van der Waals surface area contributed by atoms with Crippen LogP contribution in [0.15, 0.2) is 17.8 Å². The lowest BCUT2D eigenvalue weighted by Crippen LogP contribution is -2.14. The Labute approximate surface area is 63.0 Å². The van der Waals surface area contributed by atoms with Gasteiger partial charge in [-0.1, -0.05) is 20.4 Å². The highest BCUT2D eigenvalue weighted by Crippen LogP contribution is 1.86. The molecule has 0 heterocycles. The minimum atomic E-state index is 0.640. The Balaban J connectivity index is 3.43. The molecule has 0 bridgehead atoms. The normalized spacial score (nSPS) is 11.8. The molecule has 2 nitrogen and oxygen atoms in total. The quantitative estimate of drug-likeness (QED) is 0.467. The van der Waals surface area contributed by atoms with Crippen LogP contribution in [0.1, 0.15) is 20.8 Å². The van der Waals surface area contributed by atoms with E-state index in [-0.39, 0.29) is 0 Å². The van der Waals surface area contributed by atoms with Crippen molar-refractivity contribution in [1.29, 1.82) is 0 Å². The summed E-state index contributed by atoms with van der Waals surface area (Å²) in [6, 6.07) is 0. The Hall–Kier alpha value is -0.790. The predicted molar refractivity (Wildman–Crippen MR) is 46.1 cm³/mol. The Kier molecular flexibility index (Phi) is 4.63. The molecule has 1 N–H and O–H groups in total. The minimum Gasteiger partial charge on any atom is -0.310 e. The zero-order valence-electron chi connectivity index (χ0n) is 7.02. The van der Waals surface area contributed by atoms with Crippen molar-refractivity contribution in [3.63, 3.8) is 0 Å². The van der Waals surface area contributed by atoms with Gasteiger partial charge in [0.15, 0.2) is 0 Å². The lowest BCUT2D eigenvalue weighted by atomic mass is 10.2. The van der Waals surface area contributed by atoms with Crippen molar-refractivity contribution < 1.29 is 0 Å². The van der Waals surface area contributed by atoms with Crippen molar-refractivity contribution >= 4 is 5.71 Å². The van der Waals surface area contributed by atoms with E-state index in [4.69, 9.17) is 0 Å². The van der Waals surface area contributed by atoms with Crippen LogP contribution in [0.5, 0.6) is 0 Å². The molecular formula is C8H16N2. The molecule has 0 radical (unpaired) electrons. The molecule has 0 aromatic heterocycles. The van der Waals surface area contributed by atoms with Gasteiger partial charge < -0.3 is 5.43 Å². The van der Waals surface area contributed by atoms with E-state index in [9.17, 15) is 0 Å². The molecule has 0 aromatic rings. The standard InChI is InChI=1S/C8H16N2/c1-5-8(4)10-9-6-7(2)3/h5,7,9H,1,6H2,2-4H3. The molecule has 0 saturated heterocycles. The van der Waals surface area contributed by atoms with E-state index in [1.807, 2.05) is 6.92 Å². The lowest BCUT2D eigenvalue weighted by molar-refractivity contribution is 0.570. The third-order valence-corrected chi connectivity index (χ3v) is 1.05. The van der Waals surface area contributed by atoms with Crippen molar-refractivity contribution in [3.8, 4) is 0 Å². The zero-order valence-corrected chi connectivity index (χ0v) is 7.02. The second-order valence-corrected chi connectivity index (χ2v) is 2.71. The fourth-order valence-corrected chi connectivity index (χ4v) is 0.399. The van der Waals surface area contributed by atoms with Crippen molar-refractivity contribution in [2.75, 3.05) is 6.54 Å². The third kappa shape index (κ3) is 5.35. The van der Waals surface area contributed by atoms with Crippen LogP contribution in [0, 0.1) is 5.92 Å². The van der Waals surface area contributed by atoms with Crippen molar-refractivity contribution in [3.05, 3.63) is 12.7 Å². The molecule has 2 heteroatoms. The van der Waals surface area contributed by atoms with E-state index >= 15 is 0 Å². The van der Waals surface area contributed by atoms with E-state index in [0.717, 1.165) is 12.3 Å². The van der Waals surface area contributed by atoms with Gasteiger partial charge in [0.05, 0.1) is 5.71 Å². The fraction of sp³-hybridized carbons (Fsp3) is 0.625. The summed E-state index contributed by atoms with van der Waals surface area (Å²) >= 11 is 0. The topological polar surface area (TPSA) is 24.4 Å². The number of allylic oxidation sites excluding steroid dienone is 1. The number of hydrogen-bond donors (Lipinski definition) is 1. The first-order valence-electron chi connectivity index (χ1n) is 3.56. The maximum atomic E-state index is 4.03. The molecule has 0 aliphatic heterocycles. The van der Waals surface area contributed by atoms with Crippen LogP contribution < -0.4 is 5.43 Å². The van der Waals surface area contributed by atoms with Gasteiger partial charge >= 0.3 is 0 Å². The first-order chi connectivity index (χ1) is 4.66. The zero-order chi connectivity index (χ0) is 7.98. The van der Waals surface area contributed by atoms with Gasteiger partial charge in [0.2, 0.25) is 0 Å². The van der Waals surface area contributed by atoms with Crippen LogP contribution in [0.25, 0.3) is 0 Å². The van der Waals surface area contributed by atoms with Crippen LogP contribution in [-0.2, 0) is 0 Å². The summed E-state index contributed by atoms with van der Waals surface area (Å²) in [5.41, 5.74) is 3.88. The molecular weight excluding hydrogens is 124 g/mol. The summed E-state index contributed by atoms with van der Waals surface area (Å²) in [6.45, 7) is 10.7. The van der Waals surface area contributed by atoms with Crippen LogP contribution in [-0.4, -0.2) is 12.3 Å². The van der Waals surface area contributed by atoms with Crippen LogP contribution in [0.2, 0.25) is 0 Å². The van der Waals surface area contributed by atoms with E-state index in [2.05, 4.69) is 31.0 Å². The molecule has 0 aromatic carbocycles. The van der Waals surface area contributed by atoms with Crippen LogP contribution in [0.4, 0.5) is 0 Å². The fourth-order valence-electron chi connectivity index (χ4n) is 0.399. The van der Waals surface area contributed by atoms with Crippen molar-refractivity contribution in [2.45, 2.75) is 20.8 Å². The summed E-state index contributed by atoms with van der Waals surface area (Å²) in [7, 11) is 0. The second kappa shape index (κ2) is 5.03. The lowest BCUT2D eigenvalue weighted by Gasteiger charge is -2.02. The first kappa shape index (κ1) is 9.21. The Morgan fingerprint density at radius 3 is 2.70 bits per heavy atom. The average molecular weight is 140 g/mol. The van der Waals surface area contributed by atoms with Gasteiger partial charge in [-0.25, -0.2) is 0 Å². The number of nitrogens with one attached hydrogen (secondary N) is 1. The summed E-state index contributed by atoms with van der Waals surface area (Å²) in [6.07, 6.45) is 1.73. The molecule has 0 saturated carbocycles. The van der Waals surface area contributed by atoms with Gasteiger partial charge in [-0.3, -0.25) is 0 Å². The second-order valence-electron chi connectivity index (χ2n) is 2.71. The Morgan fingerprint density at radius 1 is 1.70 bits per heavy atom. The largest absolute Gasteiger partial charge is 0.310 e. The molecule has 0 amide bonds. The first-order valence-corrected chi connectivity index (χ1v) is 3.56. The summed E-state index contributed by atoms with van der Waals surface area (Å²) < 4.78 is 0. The van der Waals surface area contributed by atoms with Gasteiger partial charge in [0.25, 0.3) is 0 Å². The highest BCUT2D eigenvalue weighted by molar-refractivity contribution is 5.91. The molecule has 58 valence electrons. The van der Waals surface area contributed by atoms with Gasteiger partial charge in [0, 0.05) is 6.54 Å². The van der Waals surface area contributed by atoms with Crippen LogP contribution >= 0.6 is 0 Å². The van der Waals surface area contributed by atoms with E-state index in [1.54, 1.807) is 6.08 Å². The van der Waals surface area contributed by atoms with E-state index in [0.29, 0.717) is 5.92 Å². The molecule has 0 aliphatic rings. The highest BCUT2D eigenvalue weighted by atomic mass is 15.3. The molecule has 0 atom stereocenters. The Morgan fingerprint density at radius 2 is 2.30 bits per heavy atom. The van der Waals surface area contributed by atoms with Gasteiger partial charge in [0.1, 0.15) is 0 Å². The van der Waals surface area contributed by atoms with Gasteiger partial charge in [-0.05, 0) is 18.9 Å². The Bertz CT molecular complexity index is 125. The van der Waals surface area contributed by atoms with Gasteiger partial charge in [-0.15, -0.1) is 0 Å². The van der Waals surface area contributed by atoms with Crippen molar-refractivity contribution in [1.82, 2.24) is 5.43 Å². The third-order valence-electron chi connectivity index (χ3n) is 1.05. The molecule has 0 fully saturated rings. The number of hydrogen-bond acceptors (Lipinski definition) is 2. The molecule has 0 unspecified atom stereocenters. The summed E-state index contributed by atoms with van der Waals surface area (Å²) in [5.74, 6) is 0.640. The smallest absolute Gasteiger partial charge is 0.0566 e. The maximum absolute atomic E-state index is 4.03. The average Bonchev–Trinajstić information content (AvgIpc) is 1.87. The maximum Gasteiger partial charge on any atom is 0.0566 e. The monoisotopic (exact) mass is 140 g/mol. The summed E-state index contributed by atoms with van der Waals surface area (Å²) in [4.78, 5) is 0. The molecule has 0 rings (SSSR count). The summed E-state index contributed by atoms with van der Waals surface area (Å²) in [5, 5.41) is 4.03. The SMILES string of the molecule is C=CC(C)=NNCC(C)C. The van der Waals surface area contributed by atoms with Crippen LogP contribution in [0.3, 0.4) is 0 Å².